The first-order chi connectivity index (χ1) is 8.09. The van der Waals surface area contributed by atoms with Gasteiger partial charge in [-0.2, -0.15) is 0 Å². The van der Waals surface area contributed by atoms with E-state index in [4.69, 9.17) is 16.7 Å². The van der Waals surface area contributed by atoms with Crippen LogP contribution in [-0.2, 0) is 0 Å². The molecule has 3 nitrogen and oxygen atoms in total. The fraction of sp³-hybridized carbons (Fsp3) is 0. The zero-order chi connectivity index (χ0) is 12.4. The van der Waals surface area contributed by atoms with E-state index in [9.17, 15) is 4.79 Å². The van der Waals surface area contributed by atoms with Crippen molar-refractivity contribution in [3.05, 3.63) is 51.7 Å². The number of aromatic carboxylic acids is 1. The maximum atomic E-state index is 11.1. The van der Waals surface area contributed by atoms with Gasteiger partial charge >= 0.3 is 5.97 Å². The molecule has 0 spiro atoms. The van der Waals surface area contributed by atoms with Gasteiger partial charge in [-0.05, 0) is 23.8 Å². The molecule has 0 bridgehead atoms. The first-order valence-electron chi connectivity index (χ1n) is 4.73. The molecule has 1 heterocycles. The Balaban J connectivity index is 2.63. The van der Waals surface area contributed by atoms with Crippen molar-refractivity contribution in [3.8, 4) is 11.1 Å². The minimum absolute atomic E-state index is 0.00193. The number of carbonyl (C=O) groups is 1. The molecule has 0 aliphatic heterocycles. The van der Waals surface area contributed by atoms with Gasteiger partial charge in [0.1, 0.15) is 10.7 Å². The molecule has 1 aromatic carbocycles. The highest BCUT2D eigenvalue weighted by atomic mass is 79.9. The molecule has 0 amide bonds. The van der Waals surface area contributed by atoms with E-state index < -0.39 is 5.97 Å². The Morgan fingerprint density at radius 3 is 2.47 bits per heavy atom. The van der Waals surface area contributed by atoms with Crippen LogP contribution in [0.1, 0.15) is 10.4 Å². The molecule has 0 radical (unpaired) electrons. The molecule has 17 heavy (non-hydrogen) atoms. The molecule has 0 atom stereocenters. The lowest BCUT2D eigenvalue weighted by Crippen LogP contribution is -2.02. The summed E-state index contributed by atoms with van der Waals surface area (Å²) in [4.78, 5) is 14.9. The smallest absolute Gasteiger partial charge is 0.339 e. The van der Waals surface area contributed by atoms with Crippen molar-refractivity contribution in [3.63, 3.8) is 0 Å². The van der Waals surface area contributed by atoms with E-state index >= 15 is 0 Å². The van der Waals surface area contributed by atoms with Gasteiger partial charge in [-0.15, -0.1) is 0 Å². The number of hydrogen-bond acceptors (Lipinski definition) is 2. The molecule has 0 aliphatic carbocycles. The highest BCUT2D eigenvalue weighted by molar-refractivity contribution is 9.10. The van der Waals surface area contributed by atoms with E-state index in [2.05, 4.69) is 20.9 Å². The van der Waals surface area contributed by atoms with Crippen LogP contribution >= 0.6 is 27.5 Å². The molecule has 0 saturated heterocycles. The average molecular weight is 313 g/mol. The molecular weight excluding hydrogens is 305 g/mol. The van der Waals surface area contributed by atoms with Crippen molar-refractivity contribution in [2.24, 2.45) is 0 Å². The van der Waals surface area contributed by atoms with E-state index in [1.165, 1.54) is 6.20 Å². The van der Waals surface area contributed by atoms with Gasteiger partial charge in [0.2, 0.25) is 0 Å². The Bertz CT molecular complexity index is 569. The second-order valence-corrected chi connectivity index (χ2v) is 4.61. The standard InChI is InChI=1S/C12H7BrClNO2/c13-8-3-1-7(2-4-8)9-5-6-15-11(14)10(9)12(16)17/h1-6H,(H,16,17). The Morgan fingerprint density at radius 2 is 1.88 bits per heavy atom. The van der Waals surface area contributed by atoms with Crippen LogP contribution in [0.4, 0.5) is 0 Å². The maximum absolute atomic E-state index is 11.1. The van der Waals surface area contributed by atoms with Crippen LogP contribution in [0.2, 0.25) is 5.15 Å². The molecule has 1 aromatic heterocycles. The number of pyridine rings is 1. The number of hydrogen-bond donors (Lipinski definition) is 1. The SMILES string of the molecule is O=C(O)c1c(-c2ccc(Br)cc2)ccnc1Cl. The summed E-state index contributed by atoms with van der Waals surface area (Å²) in [6.07, 6.45) is 1.49. The first-order valence-corrected chi connectivity index (χ1v) is 5.90. The molecule has 86 valence electrons. The molecule has 2 rings (SSSR count). The number of benzene rings is 1. The van der Waals surface area contributed by atoms with E-state index in [1.54, 1.807) is 6.07 Å². The summed E-state index contributed by atoms with van der Waals surface area (Å²) in [5.74, 6) is -1.08. The average Bonchev–Trinajstić information content (AvgIpc) is 2.29. The summed E-state index contributed by atoms with van der Waals surface area (Å²) in [5, 5.41) is 9.13. The van der Waals surface area contributed by atoms with Crippen molar-refractivity contribution in [1.29, 1.82) is 0 Å². The number of carboxylic acid groups (broad SMARTS) is 1. The molecular formula is C12H7BrClNO2. The van der Waals surface area contributed by atoms with Gasteiger partial charge in [-0.1, -0.05) is 39.7 Å². The van der Waals surface area contributed by atoms with Crippen LogP contribution in [-0.4, -0.2) is 16.1 Å². The number of nitrogens with zero attached hydrogens (tertiary/aromatic N) is 1. The van der Waals surface area contributed by atoms with Gasteiger partial charge in [0.15, 0.2) is 0 Å². The molecule has 5 heteroatoms. The number of rotatable bonds is 2. The van der Waals surface area contributed by atoms with Gasteiger partial charge in [0.25, 0.3) is 0 Å². The third kappa shape index (κ3) is 2.48. The maximum Gasteiger partial charge on any atom is 0.339 e. The molecule has 2 aromatic rings. The largest absolute Gasteiger partial charge is 0.478 e. The topological polar surface area (TPSA) is 50.2 Å². The predicted octanol–water partition coefficient (Wildman–Crippen LogP) is 3.86. The van der Waals surface area contributed by atoms with Crippen LogP contribution in [0, 0.1) is 0 Å². The fourth-order valence-electron chi connectivity index (χ4n) is 1.51. The highest BCUT2D eigenvalue weighted by Crippen LogP contribution is 2.28. The van der Waals surface area contributed by atoms with Crippen molar-refractivity contribution in [2.75, 3.05) is 0 Å². The Morgan fingerprint density at radius 1 is 1.24 bits per heavy atom. The van der Waals surface area contributed by atoms with E-state index in [1.807, 2.05) is 24.3 Å². The van der Waals surface area contributed by atoms with Crippen LogP contribution in [0.3, 0.4) is 0 Å². The summed E-state index contributed by atoms with van der Waals surface area (Å²) < 4.78 is 0.929. The van der Waals surface area contributed by atoms with Gasteiger partial charge in [-0.3, -0.25) is 0 Å². The summed E-state index contributed by atoms with van der Waals surface area (Å²) >= 11 is 9.13. The van der Waals surface area contributed by atoms with E-state index in [-0.39, 0.29) is 10.7 Å². The van der Waals surface area contributed by atoms with Gasteiger partial charge in [0, 0.05) is 16.2 Å². The molecule has 0 fully saturated rings. The summed E-state index contributed by atoms with van der Waals surface area (Å²) in [6.45, 7) is 0. The quantitative estimate of drug-likeness (QED) is 0.857. The normalized spacial score (nSPS) is 10.2. The third-order valence-corrected chi connectivity index (χ3v) is 3.09. The number of halogens is 2. The second kappa shape index (κ2) is 4.85. The predicted molar refractivity (Wildman–Crippen MR) is 69.3 cm³/mol. The lowest BCUT2D eigenvalue weighted by Gasteiger charge is -2.07. The van der Waals surface area contributed by atoms with Crippen LogP contribution < -0.4 is 0 Å². The summed E-state index contributed by atoms with van der Waals surface area (Å²) in [6, 6.07) is 8.97. The van der Waals surface area contributed by atoms with Crippen LogP contribution in [0.15, 0.2) is 41.0 Å². The Kier molecular flexibility index (Phi) is 3.45. The van der Waals surface area contributed by atoms with Gasteiger partial charge in [-0.25, -0.2) is 9.78 Å². The number of carboxylic acids is 1. The Hall–Kier alpha value is -1.39. The van der Waals surface area contributed by atoms with Gasteiger partial charge < -0.3 is 5.11 Å². The first kappa shape index (κ1) is 12.1. The third-order valence-electron chi connectivity index (χ3n) is 2.27. The lowest BCUT2D eigenvalue weighted by atomic mass is 10.0. The summed E-state index contributed by atoms with van der Waals surface area (Å²) in [5.41, 5.74) is 1.37. The van der Waals surface area contributed by atoms with Crippen molar-refractivity contribution in [1.82, 2.24) is 4.98 Å². The zero-order valence-electron chi connectivity index (χ0n) is 8.52. The molecule has 0 saturated carbocycles. The van der Waals surface area contributed by atoms with E-state index in [0.29, 0.717) is 5.56 Å². The minimum atomic E-state index is -1.08. The summed E-state index contributed by atoms with van der Waals surface area (Å²) in [7, 11) is 0. The van der Waals surface area contributed by atoms with Crippen LogP contribution in [0.5, 0.6) is 0 Å². The van der Waals surface area contributed by atoms with Gasteiger partial charge in [0.05, 0.1) is 0 Å². The molecule has 0 aliphatic rings. The Labute approximate surface area is 111 Å². The minimum Gasteiger partial charge on any atom is -0.478 e. The highest BCUT2D eigenvalue weighted by Gasteiger charge is 2.16. The van der Waals surface area contributed by atoms with Crippen LogP contribution in [0.25, 0.3) is 11.1 Å². The van der Waals surface area contributed by atoms with Crippen molar-refractivity contribution in [2.45, 2.75) is 0 Å². The van der Waals surface area contributed by atoms with Crippen molar-refractivity contribution >= 4 is 33.5 Å². The fourth-order valence-corrected chi connectivity index (χ4v) is 2.01. The van der Waals surface area contributed by atoms with Crippen molar-refractivity contribution < 1.29 is 9.90 Å². The lowest BCUT2D eigenvalue weighted by molar-refractivity contribution is 0.0697. The zero-order valence-corrected chi connectivity index (χ0v) is 10.9. The second-order valence-electron chi connectivity index (χ2n) is 3.34. The van der Waals surface area contributed by atoms with E-state index in [0.717, 1.165) is 10.0 Å². The monoisotopic (exact) mass is 311 g/mol. The molecule has 1 N–H and O–H groups in total. The number of aromatic nitrogens is 1. The molecule has 0 unspecified atom stereocenters.